The molecule has 0 aliphatic carbocycles. The summed E-state index contributed by atoms with van der Waals surface area (Å²) in [6.07, 6.45) is -0.0644. The van der Waals surface area contributed by atoms with E-state index in [9.17, 15) is 13.2 Å². The van der Waals surface area contributed by atoms with Gasteiger partial charge in [-0.25, -0.2) is 19.6 Å². The number of hydrogen-bond donors (Lipinski definition) is 0. The van der Waals surface area contributed by atoms with E-state index in [2.05, 4.69) is 25.0 Å². The van der Waals surface area contributed by atoms with Crippen LogP contribution in [0.2, 0.25) is 0 Å². The molecule has 0 amide bonds. The van der Waals surface area contributed by atoms with Crippen LogP contribution in [0, 0.1) is 12.3 Å². The highest BCUT2D eigenvalue weighted by Crippen LogP contribution is 2.42. The Labute approximate surface area is 181 Å². The zero-order valence-corrected chi connectivity index (χ0v) is 17.4. The van der Waals surface area contributed by atoms with Gasteiger partial charge in [-0.2, -0.15) is 23.3 Å². The molecule has 6 heterocycles. The molecule has 9 nitrogen and oxygen atoms in total. The standard InChI is InChI=1S/C20H21F3N8O/c1-12-4-15(27-17(26-12)20(21,22)23)30-10-19(11-30)2-3-29(9-19)18-24-5-13-6-25-31(16(13)28-18)14-7-32-8-14/h4-6,14H,2-3,7-11H2,1H3. The van der Waals surface area contributed by atoms with Crippen molar-refractivity contribution in [2.24, 2.45) is 5.41 Å². The molecule has 3 aliphatic rings. The predicted octanol–water partition coefficient (Wildman–Crippen LogP) is 2.23. The second kappa shape index (κ2) is 6.74. The van der Waals surface area contributed by atoms with Crippen molar-refractivity contribution in [2.75, 3.05) is 49.2 Å². The van der Waals surface area contributed by atoms with Gasteiger partial charge in [-0.3, -0.25) is 0 Å². The van der Waals surface area contributed by atoms with E-state index in [1.165, 1.54) is 0 Å². The molecular formula is C20H21F3N8O. The number of rotatable bonds is 3. The van der Waals surface area contributed by atoms with Crippen molar-refractivity contribution < 1.29 is 17.9 Å². The van der Waals surface area contributed by atoms with Crippen LogP contribution in [-0.4, -0.2) is 69.1 Å². The summed E-state index contributed by atoms with van der Waals surface area (Å²) in [5, 5.41) is 5.33. The number of fused-ring (bicyclic) bond motifs is 1. The van der Waals surface area contributed by atoms with Crippen LogP contribution in [0.1, 0.15) is 24.0 Å². The van der Waals surface area contributed by atoms with E-state index in [0.717, 1.165) is 30.5 Å². The van der Waals surface area contributed by atoms with Crippen molar-refractivity contribution in [3.63, 3.8) is 0 Å². The zero-order chi connectivity index (χ0) is 22.1. The summed E-state index contributed by atoms with van der Waals surface area (Å²) in [5.74, 6) is -0.0954. The topological polar surface area (TPSA) is 85.1 Å². The maximum Gasteiger partial charge on any atom is 0.451 e. The summed E-state index contributed by atoms with van der Waals surface area (Å²) < 4.78 is 46.4. The van der Waals surface area contributed by atoms with Crippen LogP contribution >= 0.6 is 0 Å². The Morgan fingerprint density at radius 3 is 2.56 bits per heavy atom. The van der Waals surface area contributed by atoms with Crippen LogP contribution in [-0.2, 0) is 10.9 Å². The second-order valence-electron chi connectivity index (χ2n) is 8.95. The summed E-state index contributed by atoms with van der Waals surface area (Å²) in [5.41, 5.74) is 1.11. The molecule has 1 spiro atoms. The molecular weight excluding hydrogens is 425 g/mol. The van der Waals surface area contributed by atoms with Crippen LogP contribution in [0.5, 0.6) is 0 Å². The second-order valence-corrected chi connectivity index (χ2v) is 8.95. The van der Waals surface area contributed by atoms with E-state index in [0.29, 0.717) is 43.8 Å². The Morgan fingerprint density at radius 2 is 1.84 bits per heavy atom. The first-order valence-electron chi connectivity index (χ1n) is 10.5. The van der Waals surface area contributed by atoms with Crippen LogP contribution < -0.4 is 9.80 Å². The maximum atomic E-state index is 13.1. The van der Waals surface area contributed by atoms with E-state index < -0.39 is 12.0 Å². The summed E-state index contributed by atoms with van der Waals surface area (Å²) in [4.78, 5) is 20.6. The van der Waals surface area contributed by atoms with Gasteiger partial charge >= 0.3 is 6.18 Å². The molecule has 0 unspecified atom stereocenters. The Balaban J connectivity index is 1.18. The molecule has 6 rings (SSSR count). The first-order valence-corrected chi connectivity index (χ1v) is 10.5. The lowest BCUT2D eigenvalue weighted by molar-refractivity contribution is -0.145. The molecule has 0 radical (unpaired) electrons. The minimum absolute atomic E-state index is 0.00236. The molecule has 168 valence electrons. The van der Waals surface area contributed by atoms with E-state index in [1.807, 2.05) is 9.58 Å². The number of aryl methyl sites for hydroxylation is 1. The summed E-state index contributed by atoms with van der Waals surface area (Å²) in [6, 6.07) is 1.82. The van der Waals surface area contributed by atoms with Crippen molar-refractivity contribution in [1.82, 2.24) is 29.7 Å². The number of anilines is 2. The molecule has 3 saturated heterocycles. The fraction of sp³-hybridized carbons (Fsp3) is 0.550. The van der Waals surface area contributed by atoms with Gasteiger partial charge in [-0.1, -0.05) is 0 Å². The molecule has 0 aromatic carbocycles. The van der Waals surface area contributed by atoms with E-state index >= 15 is 0 Å². The van der Waals surface area contributed by atoms with E-state index in [-0.39, 0.29) is 11.5 Å². The van der Waals surface area contributed by atoms with Crippen LogP contribution in [0.3, 0.4) is 0 Å². The molecule has 32 heavy (non-hydrogen) atoms. The number of nitrogens with zero attached hydrogens (tertiary/aromatic N) is 8. The van der Waals surface area contributed by atoms with Gasteiger partial charge in [0.15, 0.2) is 5.65 Å². The van der Waals surface area contributed by atoms with Gasteiger partial charge < -0.3 is 14.5 Å². The van der Waals surface area contributed by atoms with Crippen LogP contribution in [0.15, 0.2) is 18.5 Å². The van der Waals surface area contributed by atoms with Crippen molar-refractivity contribution in [2.45, 2.75) is 25.6 Å². The lowest BCUT2D eigenvalue weighted by Crippen LogP contribution is -2.58. The molecule has 3 aromatic heterocycles. The van der Waals surface area contributed by atoms with Gasteiger partial charge in [0.2, 0.25) is 11.8 Å². The summed E-state index contributed by atoms with van der Waals surface area (Å²) in [7, 11) is 0. The first-order chi connectivity index (χ1) is 15.3. The van der Waals surface area contributed by atoms with Gasteiger partial charge in [0.05, 0.1) is 24.8 Å². The van der Waals surface area contributed by atoms with Crippen LogP contribution in [0.25, 0.3) is 11.0 Å². The quantitative estimate of drug-likeness (QED) is 0.606. The predicted molar refractivity (Wildman–Crippen MR) is 108 cm³/mol. The normalized spacial score (nSPS) is 20.8. The molecule has 0 atom stereocenters. The van der Waals surface area contributed by atoms with Crippen molar-refractivity contribution in [3.05, 3.63) is 30.0 Å². The highest BCUT2D eigenvalue weighted by Gasteiger charge is 2.49. The van der Waals surface area contributed by atoms with Gasteiger partial charge in [-0.05, 0) is 13.3 Å². The highest BCUT2D eigenvalue weighted by atomic mass is 19.4. The van der Waals surface area contributed by atoms with Gasteiger partial charge in [0, 0.05) is 49.6 Å². The number of ether oxygens (including phenoxy) is 1. The lowest BCUT2D eigenvalue weighted by Gasteiger charge is -2.48. The average Bonchev–Trinajstić information content (AvgIpc) is 3.29. The smallest absolute Gasteiger partial charge is 0.377 e. The Kier molecular flexibility index (Phi) is 4.14. The molecule has 3 fully saturated rings. The SMILES string of the molecule is Cc1cc(N2CC3(CCN(c4ncc5cnn(C6COC6)c5n4)C3)C2)nc(C(F)(F)F)n1. The molecule has 0 bridgehead atoms. The number of aromatic nitrogens is 6. The first kappa shape index (κ1) is 19.6. The van der Waals surface area contributed by atoms with Crippen molar-refractivity contribution in [1.29, 1.82) is 0 Å². The largest absolute Gasteiger partial charge is 0.451 e. The Morgan fingerprint density at radius 1 is 1.06 bits per heavy atom. The fourth-order valence-electron chi connectivity index (χ4n) is 4.74. The zero-order valence-electron chi connectivity index (χ0n) is 17.4. The molecule has 0 N–H and O–H groups in total. The van der Waals surface area contributed by atoms with Crippen molar-refractivity contribution in [3.8, 4) is 0 Å². The Hall–Kier alpha value is -3.02. The molecule has 3 aromatic rings. The summed E-state index contributed by atoms with van der Waals surface area (Å²) >= 11 is 0. The third-order valence-corrected chi connectivity index (χ3v) is 6.48. The van der Waals surface area contributed by atoms with Gasteiger partial charge in [0.25, 0.3) is 0 Å². The Bertz CT molecular complexity index is 1190. The van der Waals surface area contributed by atoms with Gasteiger partial charge in [-0.15, -0.1) is 0 Å². The maximum absolute atomic E-state index is 13.1. The number of hydrogen-bond acceptors (Lipinski definition) is 8. The minimum Gasteiger partial charge on any atom is -0.377 e. The van der Waals surface area contributed by atoms with E-state index in [4.69, 9.17) is 9.72 Å². The highest BCUT2D eigenvalue weighted by molar-refractivity contribution is 5.75. The third kappa shape index (κ3) is 3.15. The molecule has 12 heteroatoms. The minimum atomic E-state index is -4.55. The number of alkyl halides is 3. The van der Waals surface area contributed by atoms with Crippen molar-refractivity contribution >= 4 is 22.8 Å². The average molecular weight is 446 g/mol. The third-order valence-electron chi connectivity index (χ3n) is 6.48. The van der Waals surface area contributed by atoms with Crippen LogP contribution in [0.4, 0.5) is 24.9 Å². The monoisotopic (exact) mass is 446 g/mol. The van der Waals surface area contributed by atoms with Gasteiger partial charge in [0.1, 0.15) is 11.9 Å². The van der Waals surface area contributed by atoms with E-state index in [1.54, 1.807) is 25.4 Å². The molecule has 3 aliphatic heterocycles. The summed E-state index contributed by atoms with van der Waals surface area (Å²) in [6.45, 7) is 5.69. The lowest BCUT2D eigenvalue weighted by atomic mass is 9.79. The molecule has 0 saturated carbocycles. The number of halogens is 3. The fourth-order valence-corrected chi connectivity index (χ4v) is 4.74.